The zero-order valence-electron chi connectivity index (χ0n) is 14.9. The van der Waals surface area contributed by atoms with Crippen molar-refractivity contribution in [3.63, 3.8) is 0 Å². The molecule has 1 N–H and O–H groups in total. The summed E-state index contributed by atoms with van der Waals surface area (Å²) in [7, 11) is 1.80. The van der Waals surface area contributed by atoms with Crippen LogP contribution in [-0.2, 0) is 19.9 Å². The number of aryl methyl sites for hydroxylation is 3. The van der Waals surface area contributed by atoms with E-state index in [0.717, 1.165) is 36.8 Å². The van der Waals surface area contributed by atoms with Crippen LogP contribution in [0, 0.1) is 0 Å². The predicted octanol–water partition coefficient (Wildman–Crippen LogP) is 2.84. The maximum absolute atomic E-state index is 12.5. The molecule has 4 rings (SSSR count). The molecule has 1 aliphatic rings. The van der Waals surface area contributed by atoms with Crippen LogP contribution in [0.5, 0.6) is 0 Å². The molecule has 134 valence electrons. The zero-order chi connectivity index (χ0) is 18.1. The molecule has 7 heteroatoms. The fourth-order valence-corrected chi connectivity index (χ4v) is 3.40. The molecule has 0 saturated heterocycles. The first-order valence-corrected chi connectivity index (χ1v) is 8.89. The summed E-state index contributed by atoms with van der Waals surface area (Å²) in [5.74, 6) is 1.16. The Hall–Kier alpha value is -2.96. The SMILES string of the molecule is CCc1nc(-c2ccc3c(c2)CCCC3NC(=O)c2cnn(C)c2)no1. The van der Waals surface area contributed by atoms with E-state index < -0.39 is 0 Å². The van der Waals surface area contributed by atoms with Gasteiger partial charge in [-0.25, -0.2) is 0 Å². The predicted molar refractivity (Wildman–Crippen MR) is 95.5 cm³/mol. The monoisotopic (exact) mass is 351 g/mol. The highest BCUT2D eigenvalue weighted by Crippen LogP contribution is 2.32. The highest BCUT2D eigenvalue weighted by Gasteiger charge is 2.23. The Morgan fingerprint density at radius 3 is 3.04 bits per heavy atom. The van der Waals surface area contributed by atoms with Crippen molar-refractivity contribution in [3.8, 4) is 11.4 Å². The third kappa shape index (κ3) is 3.12. The van der Waals surface area contributed by atoms with Crippen LogP contribution >= 0.6 is 0 Å². The van der Waals surface area contributed by atoms with E-state index in [-0.39, 0.29) is 11.9 Å². The molecule has 0 saturated carbocycles. The highest BCUT2D eigenvalue weighted by atomic mass is 16.5. The zero-order valence-corrected chi connectivity index (χ0v) is 14.9. The fourth-order valence-electron chi connectivity index (χ4n) is 3.40. The average molecular weight is 351 g/mol. The largest absolute Gasteiger partial charge is 0.345 e. The maximum Gasteiger partial charge on any atom is 0.254 e. The van der Waals surface area contributed by atoms with Crippen molar-refractivity contribution in [1.82, 2.24) is 25.2 Å². The van der Waals surface area contributed by atoms with Crippen LogP contribution in [0.25, 0.3) is 11.4 Å². The van der Waals surface area contributed by atoms with Crippen molar-refractivity contribution >= 4 is 5.91 Å². The molecule has 1 aliphatic carbocycles. The summed E-state index contributed by atoms with van der Waals surface area (Å²) in [5, 5.41) is 11.2. The first-order chi connectivity index (χ1) is 12.6. The van der Waals surface area contributed by atoms with Crippen molar-refractivity contribution < 1.29 is 9.32 Å². The lowest BCUT2D eigenvalue weighted by atomic mass is 9.86. The van der Waals surface area contributed by atoms with Crippen molar-refractivity contribution in [2.45, 2.75) is 38.6 Å². The second-order valence-electron chi connectivity index (χ2n) is 6.60. The van der Waals surface area contributed by atoms with Crippen LogP contribution in [0.15, 0.2) is 35.1 Å². The molecule has 7 nitrogen and oxygen atoms in total. The van der Waals surface area contributed by atoms with E-state index in [2.05, 4.69) is 32.7 Å². The molecule has 0 spiro atoms. The van der Waals surface area contributed by atoms with Gasteiger partial charge in [-0.05, 0) is 36.5 Å². The summed E-state index contributed by atoms with van der Waals surface area (Å²) >= 11 is 0. The van der Waals surface area contributed by atoms with E-state index >= 15 is 0 Å². The van der Waals surface area contributed by atoms with Crippen LogP contribution in [0.3, 0.4) is 0 Å². The van der Waals surface area contributed by atoms with Gasteiger partial charge in [-0.3, -0.25) is 9.48 Å². The average Bonchev–Trinajstić information content (AvgIpc) is 3.30. The quantitative estimate of drug-likeness (QED) is 0.781. The van der Waals surface area contributed by atoms with Gasteiger partial charge >= 0.3 is 0 Å². The van der Waals surface area contributed by atoms with Crippen LogP contribution in [0.1, 0.15) is 53.2 Å². The number of nitrogens with zero attached hydrogens (tertiary/aromatic N) is 4. The number of benzene rings is 1. The standard InChI is InChI=1S/C19H21N5O2/c1-3-17-22-18(23-26-17)13-7-8-15-12(9-13)5-4-6-16(15)21-19(25)14-10-20-24(2)11-14/h7-11,16H,3-6H2,1-2H3,(H,21,25). The van der Waals surface area contributed by atoms with Crippen LogP contribution in [-0.4, -0.2) is 25.8 Å². The molecule has 2 aromatic heterocycles. The van der Waals surface area contributed by atoms with Gasteiger partial charge in [0.2, 0.25) is 11.7 Å². The van der Waals surface area contributed by atoms with E-state index in [4.69, 9.17) is 4.52 Å². The fraction of sp³-hybridized carbons (Fsp3) is 0.368. The Bertz CT molecular complexity index is 943. The van der Waals surface area contributed by atoms with Gasteiger partial charge in [0.1, 0.15) is 0 Å². The topological polar surface area (TPSA) is 85.8 Å². The van der Waals surface area contributed by atoms with Gasteiger partial charge in [0.15, 0.2) is 0 Å². The first-order valence-electron chi connectivity index (χ1n) is 8.89. The third-order valence-corrected chi connectivity index (χ3v) is 4.76. The molecule has 1 atom stereocenters. The Morgan fingerprint density at radius 2 is 2.31 bits per heavy atom. The Kier molecular flexibility index (Phi) is 4.28. The number of hydrogen-bond donors (Lipinski definition) is 1. The van der Waals surface area contributed by atoms with Crippen LogP contribution < -0.4 is 5.32 Å². The summed E-state index contributed by atoms with van der Waals surface area (Å²) in [6.07, 6.45) is 6.98. The molecule has 3 aromatic rings. The number of carbonyl (C=O) groups is 1. The minimum Gasteiger partial charge on any atom is -0.345 e. The summed E-state index contributed by atoms with van der Waals surface area (Å²) in [5.41, 5.74) is 3.92. The lowest BCUT2D eigenvalue weighted by Crippen LogP contribution is -2.30. The van der Waals surface area contributed by atoms with E-state index in [0.29, 0.717) is 17.3 Å². The number of aromatic nitrogens is 4. The van der Waals surface area contributed by atoms with E-state index in [9.17, 15) is 4.79 Å². The number of nitrogens with one attached hydrogen (secondary N) is 1. The van der Waals surface area contributed by atoms with Gasteiger partial charge < -0.3 is 9.84 Å². The normalized spacial score (nSPS) is 16.3. The number of rotatable bonds is 4. The Morgan fingerprint density at radius 1 is 1.42 bits per heavy atom. The third-order valence-electron chi connectivity index (χ3n) is 4.76. The molecule has 1 unspecified atom stereocenters. The van der Waals surface area contributed by atoms with Gasteiger partial charge in [-0.1, -0.05) is 24.2 Å². The lowest BCUT2D eigenvalue weighted by molar-refractivity contribution is 0.0932. The number of carbonyl (C=O) groups excluding carboxylic acids is 1. The van der Waals surface area contributed by atoms with Gasteiger partial charge in [0.05, 0.1) is 17.8 Å². The maximum atomic E-state index is 12.5. The second-order valence-corrected chi connectivity index (χ2v) is 6.60. The molecule has 2 heterocycles. The lowest BCUT2D eigenvalue weighted by Gasteiger charge is -2.26. The summed E-state index contributed by atoms with van der Waals surface area (Å²) in [6.45, 7) is 1.99. The van der Waals surface area contributed by atoms with E-state index in [1.807, 2.05) is 13.0 Å². The molecule has 0 aliphatic heterocycles. The molecule has 1 aromatic carbocycles. The van der Waals surface area contributed by atoms with Gasteiger partial charge in [0, 0.05) is 25.2 Å². The number of amides is 1. The molecular weight excluding hydrogens is 330 g/mol. The van der Waals surface area contributed by atoms with E-state index in [1.54, 1.807) is 24.1 Å². The van der Waals surface area contributed by atoms with E-state index in [1.165, 1.54) is 5.56 Å². The van der Waals surface area contributed by atoms with Crippen molar-refractivity contribution in [3.05, 3.63) is 53.2 Å². The Labute approximate surface area is 151 Å². The molecular formula is C19H21N5O2. The number of fused-ring (bicyclic) bond motifs is 1. The molecule has 0 bridgehead atoms. The molecule has 26 heavy (non-hydrogen) atoms. The minimum absolute atomic E-state index is 0.0111. The van der Waals surface area contributed by atoms with Gasteiger partial charge in [0.25, 0.3) is 5.91 Å². The smallest absolute Gasteiger partial charge is 0.254 e. The Balaban J connectivity index is 1.57. The minimum atomic E-state index is -0.0919. The molecule has 0 fully saturated rings. The van der Waals surface area contributed by atoms with Crippen LogP contribution in [0.4, 0.5) is 0 Å². The molecule has 1 amide bonds. The van der Waals surface area contributed by atoms with Crippen molar-refractivity contribution in [1.29, 1.82) is 0 Å². The summed E-state index contributed by atoms with van der Waals surface area (Å²) in [6, 6.07) is 6.19. The van der Waals surface area contributed by atoms with Gasteiger partial charge in [-0.15, -0.1) is 0 Å². The highest BCUT2D eigenvalue weighted by molar-refractivity contribution is 5.94. The van der Waals surface area contributed by atoms with Crippen molar-refractivity contribution in [2.75, 3.05) is 0 Å². The van der Waals surface area contributed by atoms with Gasteiger partial charge in [-0.2, -0.15) is 10.1 Å². The summed E-state index contributed by atoms with van der Waals surface area (Å²) < 4.78 is 6.84. The number of hydrogen-bond acceptors (Lipinski definition) is 5. The van der Waals surface area contributed by atoms with Crippen LogP contribution in [0.2, 0.25) is 0 Å². The second kappa shape index (κ2) is 6.74. The summed E-state index contributed by atoms with van der Waals surface area (Å²) in [4.78, 5) is 16.9. The molecule has 0 radical (unpaired) electrons. The first kappa shape index (κ1) is 16.5. The van der Waals surface area contributed by atoms with Crippen molar-refractivity contribution in [2.24, 2.45) is 7.05 Å².